The molecule has 2 N–H and O–H groups in total. The molecule has 0 spiro atoms. The fourth-order valence-corrected chi connectivity index (χ4v) is 1.34. The molecule has 1 amide bonds. The molecule has 0 aliphatic rings. The van der Waals surface area contributed by atoms with E-state index in [2.05, 4.69) is 10.3 Å². The van der Waals surface area contributed by atoms with Crippen LogP contribution in [-0.4, -0.2) is 28.0 Å². The number of carbonyl (C=O) groups excluding carboxylic acids is 1. The number of hydrogen-bond acceptors (Lipinski definition) is 3. The molecule has 1 heterocycles. The molecule has 0 aromatic carbocycles. The summed E-state index contributed by atoms with van der Waals surface area (Å²) < 4.78 is 0. The van der Waals surface area contributed by atoms with E-state index < -0.39 is 5.97 Å². The van der Waals surface area contributed by atoms with Gasteiger partial charge in [-0.2, -0.15) is 0 Å². The molecule has 1 rings (SSSR count). The fraction of sp³-hybridized carbons (Fsp3) is 0.364. The second kappa shape index (κ2) is 6.20. The maximum Gasteiger partial charge on any atom is 0.303 e. The van der Waals surface area contributed by atoms with Crippen LogP contribution in [0.3, 0.4) is 0 Å². The Morgan fingerprint density at radius 3 is 2.76 bits per heavy atom. The Hall–Kier alpha value is -1.62. The summed E-state index contributed by atoms with van der Waals surface area (Å²) in [6.07, 6.45) is 1.80. The van der Waals surface area contributed by atoms with Gasteiger partial charge >= 0.3 is 5.97 Å². The fourth-order valence-electron chi connectivity index (χ4n) is 1.23. The summed E-state index contributed by atoms with van der Waals surface area (Å²) in [5.74, 6) is -1.16. The van der Waals surface area contributed by atoms with Crippen molar-refractivity contribution in [2.24, 2.45) is 0 Å². The molecule has 92 valence electrons. The molecule has 1 aromatic rings. The Morgan fingerprint density at radius 1 is 1.53 bits per heavy atom. The van der Waals surface area contributed by atoms with Gasteiger partial charge in [-0.05, 0) is 25.5 Å². The minimum Gasteiger partial charge on any atom is -0.481 e. The number of halogens is 1. The number of carboxylic acid groups (broad SMARTS) is 1. The van der Waals surface area contributed by atoms with Crippen molar-refractivity contribution in [1.82, 2.24) is 10.3 Å². The number of aliphatic carboxylic acids is 1. The van der Waals surface area contributed by atoms with Crippen LogP contribution in [-0.2, 0) is 4.79 Å². The molecule has 1 aromatic heterocycles. The molecule has 5 nitrogen and oxygen atoms in total. The predicted octanol–water partition coefficient (Wildman–Crippen LogP) is 1.72. The monoisotopic (exact) mass is 256 g/mol. The van der Waals surface area contributed by atoms with E-state index in [1.807, 2.05) is 0 Å². The molecule has 0 aliphatic carbocycles. The summed E-state index contributed by atoms with van der Waals surface area (Å²) in [6.45, 7) is 1.75. The van der Waals surface area contributed by atoms with Crippen LogP contribution in [0.5, 0.6) is 0 Å². The lowest BCUT2D eigenvalue weighted by Gasteiger charge is -2.12. The number of amides is 1. The number of rotatable bonds is 5. The number of hydrogen-bond donors (Lipinski definition) is 2. The average Bonchev–Trinajstić information content (AvgIpc) is 2.27. The Bertz CT molecular complexity index is 406. The van der Waals surface area contributed by atoms with E-state index in [-0.39, 0.29) is 18.4 Å². The van der Waals surface area contributed by atoms with Gasteiger partial charge in [0.1, 0.15) is 5.15 Å². The van der Waals surface area contributed by atoms with Crippen LogP contribution < -0.4 is 5.32 Å². The molecule has 1 atom stereocenters. The van der Waals surface area contributed by atoms with Crippen LogP contribution in [0.4, 0.5) is 0 Å². The summed E-state index contributed by atoms with van der Waals surface area (Å²) >= 11 is 5.60. The first-order chi connectivity index (χ1) is 7.99. The maximum absolute atomic E-state index is 11.7. The SMILES string of the molecule is CC(CCC(=O)O)NC(=O)c1ccc(Cl)nc1. The summed E-state index contributed by atoms with van der Waals surface area (Å²) in [7, 11) is 0. The molecule has 0 radical (unpaired) electrons. The molecule has 6 heteroatoms. The Balaban J connectivity index is 2.48. The molecule has 17 heavy (non-hydrogen) atoms. The lowest BCUT2D eigenvalue weighted by Crippen LogP contribution is -2.32. The van der Waals surface area contributed by atoms with Crippen molar-refractivity contribution in [3.8, 4) is 0 Å². The third-order valence-electron chi connectivity index (χ3n) is 2.16. The van der Waals surface area contributed by atoms with Gasteiger partial charge in [0.2, 0.25) is 0 Å². The summed E-state index contributed by atoms with van der Waals surface area (Å²) in [6, 6.07) is 2.89. The third-order valence-corrected chi connectivity index (χ3v) is 2.38. The van der Waals surface area contributed by atoms with E-state index in [1.165, 1.54) is 12.3 Å². The number of pyridine rings is 1. The standard InChI is InChI=1S/C11H13ClN2O3/c1-7(2-5-10(15)16)14-11(17)8-3-4-9(12)13-6-8/h3-4,6-7H,2,5H2,1H3,(H,14,17)(H,15,16). The summed E-state index contributed by atoms with van der Waals surface area (Å²) in [4.78, 5) is 25.8. The maximum atomic E-state index is 11.7. The lowest BCUT2D eigenvalue weighted by molar-refractivity contribution is -0.137. The highest BCUT2D eigenvalue weighted by molar-refractivity contribution is 6.29. The van der Waals surface area contributed by atoms with Crippen LogP contribution in [0.2, 0.25) is 5.15 Å². The highest BCUT2D eigenvalue weighted by atomic mass is 35.5. The normalized spacial score (nSPS) is 11.9. The highest BCUT2D eigenvalue weighted by Gasteiger charge is 2.11. The van der Waals surface area contributed by atoms with Gasteiger partial charge in [-0.3, -0.25) is 9.59 Å². The zero-order valence-corrected chi connectivity index (χ0v) is 10.1. The van der Waals surface area contributed by atoms with Crippen LogP contribution in [0.25, 0.3) is 0 Å². The van der Waals surface area contributed by atoms with Crippen molar-refractivity contribution in [2.45, 2.75) is 25.8 Å². The van der Waals surface area contributed by atoms with Crippen molar-refractivity contribution in [3.05, 3.63) is 29.0 Å². The minimum atomic E-state index is -0.876. The van der Waals surface area contributed by atoms with Crippen LogP contribution in [0.15, 0.2) is 18.3 Å². The number of aromatic nitrogens is 1. The van der Waals surface area contributed by atoms with Crippen molar-refractivity contribution in [2.75, 3.05) is 0 Å². The number of nitrogens with one attached hydrogen (secondary N) is 1. The van der Waals surface area contributed by atoms with Gasteiger partial charge in [-0.1, -0.05) is 11.6 Å². The molecule has 0 saturated heterocycles. The molecule has 0 saturated carbocycles. The third kappa shape index (κ3) is 4.82. The second-order valence-electron chi connectivity index (χ2n) is 3.68. The van der Waals surface area contributed by atoms with Crippen molar-refractivity contribution < 1.29 is 14.7 Å². The highest BCUT2D eigenvalue weighted by Crippen LogP contribution is 2.06. The van der Waals surface area contributed by atoms with Crippen molar-refractivity contribution in [1.29, 1.82) is 0 Å². The first-order valence-electron chi connectivity index (χ1n) is 5.13. The summed E-state index contributed by atoms with van der Waals surface area (Å²) in [5, 5.41) is 11.5. The van der Waals surface area contributed by atoms with E-state index in [4.69, 9.17) is 16.7 Å². The van der Waals surface area contributed by atoms with Gasteiger partial charge in [0, 0.05) is 18.7 Å². The quantitative estimate of drug-likeness (QED) is 0.786. The van der Waals surface area contributed by atoms with Gasteiger partial charge in [-0.15, -0.1) is 0 Å². The molecular formula is C11H13ClN2O3. The first-order valence-corrected chi connectivity index (χ1v) is 5.51. The van der Waals surface area contributed by atoms with E-state index in [0.717, 1.165) is 0 Å². The van der Waals surface area contributed by atoms with Gasteiger partial charge in [0.05, 0.1) is 5.56 Å². The zero-order chi connectivity index (χ0) is 12.8. The number of carboxylic acids is 1. The summed E-state index contributed by atoms with van der Waals surface area (Å²) in [5.41, 5.74) is 0.400. The number of nitrogens with zero attached hydrogens (tertiary/aromatic N) is 1. The average molecular weight is 257 g/mol. The van der Waals surface area contributed by atoms with Gasteiger partial charge in [0.15, 0.2) is 0 Å². The Morgan fingerprint density at radius 2 is 2.24 bits per heavy atom. The van der Waals surface area contributed by atoms with E-state index in [9.17, 15) is 9.59 Å². The lowest BCUT2D eigenvalue weighted by atomic mass is 10.1. The minimum absolute atomic E-state index is 0.0281. The van der Waals surface area contributed by atoms with Gasteiger partial charge < -0.3 is 10.4 Å². The first kappa shape index (κ1) is 13.4. The molecule has 0 fully saturated rings. The van der Waals surface area contributed by atoms with Gasteiger partial charge in [-0.25, -0.2) is 4.98 Å². The topological polar surface area (TPSA) is 79.3 Å². The Kier molecular flexibility index (Phi) is 4.90. The zero-order valence-electron chi connectivity index (χ0n) is 9.31. The van der Waals surface area contributed by atoms with Crippen LogP contribution in [0, 0.1) is 0 Å². The van der Waals surface area contributed by atoms with Gasteiger partial charge in [0.25, 0.3) is 5.91 Å². The van der Waals surface area contributed by atoms with E-state index in [0.29, 0.717) is 17.1 Å². The van der Waals surface area contributed by atoms with Crippen LogP contribution >= 0.6 is 11.6 Å². The molecular weight excluding hydrogens is 244 g/mol. The predicted molar refractivity (Wildman–Crippen MR) is 63.0 cm³/mol. The largest absolute Gasteiger partial charge is 0.481 e. The molecule has 0 bridgehead atoms. The van der Waals surface area contributed by atoms with Crippen LogP contribution in [0.1, 0.15) is 30.1 Å². The smallest absolute Gasteiger partial charge is 0.303 e. The van der Waals surface area contributed by atoms with E-state index in [1.54, 1.807) is 13.0 Å². The van der Waals surface area contributed by atoms with Crippen molar-refractivity contribution in [3.63, 3.8) is 0 Å². The molecule has 0 aliphatic heterocycles. The van der Waals surface area contributed by atoms with E-state index >= 15 is 0 Å². The Labute approximate surface area is 104 Å². The van der Waals surface area contributed by atoms with Crippen molar-refractivity contribution >= 4 is 23.5 Å². The molecule has 1 unspecified atom stereocenters. The second-order valence-corrected chi connectivity index (χ2v) is 4.06. The number of carbonyl (C=O) groups is 2.